The van der Waals surface area contributed by atoms with Crippen LogP contribution in [0.2, 0.25) is 0 Å². The van der Waals surface area contributed by atoms with Crippen molar-refractivity contribution in [3.8, 4) is 0 Å². The summed E-state index contributed by atoms with van der Waals surface area (Å²) in [5.74, 6) is -3.44. The highest BCUT2D eigenvalue weighted by molar-refractivity contribution is 7.12. The van der Waals surface area contributed by atoms with Gasteiger partial charge >= 0.3 is 0 Å². The molecule has 0 aliphatic carbocycles. The van der Waals surface area contributed by atoms with Crippen molar-refractivity contribution in [2.45, 2.75) is 18.9 Å². The van der Waals surface area contributed by atoms with Gasteiger partial charge in [0.15, 0.2) is 11.6 Å². The van der Waals surface area contributed by atoms with Gasteiger partial charge in [0.1, 0.15) is 6.04 Å². The van der Waals surface area contributed by atoms with Crippen molar-refractivity contribution in [2.75, 3.05) is 20.1 Å². The molecule has 2 N–H and O–H groups in total. The number of hydrogen-bond acceptors (Lipinski definition) is 4. The molecule has 1 aromatic heterocycles. The second kappa shape index (κ2) is 9.13. The van der Waals surface area contributed by atoms with Gasteiger partial charge in [-0.2, -0.15) is 0 Å². The van der Waals surface area contributed by atoms with Crippen LogP contribution in [0.25, 0.3) is 0 Å². The maximum Gasteiger partial charge on any atom is 0.263 e. The van der Waals surface area contributed by atoms with Crippen LogP contribution >= 0.6 is 11.3 Å². The molecule has 1 fully saturated rings. The maximum absolute atomic E-state index is 13.6. The number of carbonyl (C=O) groups is 3. The number of rotatable bonds is 5. The molecule has 1 aliphatic rings. The molecule has 154 valence electrons. The Morgan fingerprint density at radius 2 is 1.86 bits per heavy atom. The van der Waals surface area contributed by atoms with Gasteiger partial charge in [-0.3, -0.25) is 14.4 Å². The number of nitrogens with one attached hydrogen (secondary N) is 2. The minimum Gasteiger partial charge on any atom is -0.357 e. The molecule has 9 heteroatoms. The lowest BCUT2D eigenvalue weighted by molar-refractivity contribution is -0.131. The number of nitrogens with zero attached hydrogens (tertiary/aromatic N) is 1. The van der Waals surface area contributed by atoms with Gasteiger partial charge in [-0.05, 0) is 42.0 Å². The van der Waals surface area contributed by atoms with Gasteiger partial charge in [0.2, 0.25) is 11.8 Å². The Bertz CT molecular complexity index is 896. The smallest absolute Gasteiger partial charge is 0.263 e. The molecule has 3 rings (SSSR count). The Labute approximate surface area is 170 Å². The first kappa shape index (κ1) is 20.9. The van der Waals surface area contributed by atoms with Crippen LogP contribution in [-0.2, 0) is 9.59 Å². The van der Waals surface area contributed by atoms with E-state index < -0.39 is 23.6 Å². The number of likely N-dealkylation sites (tertiary alicyclic amines) is 1. The van der Waals surface area contributed by atoms with E-state index in [1.807, 2.05) is 11.4 Å². The molecule has 0 radical (unpaired) electrons. The molecule has 1 atom stereocenters. The predicted octanol–water partition coefficient (Wildman–Crippen LogP) is 2.48. The molecular formula is C20H21F2N3O3S. The first-order chi connectivity index (χ1) is 13.9. The van der Waals surface area contributed by atoms with Gasteiger partial charge < -0.3 is 15.5 Å². The number of benzene rings is 1. The van der Waals surface area contributed by atoms with Crippen LogP contribution in [0.1, 0.15) is 34.1 Å². The van der Waals surface area contributed by atoms with E-state index in [-0.39, 0.29) is 23.3 Å². The topological polar surface area (TPSA) is 78.5 Å². The summed E-state index contributed by atoms with van der Waals surface area (Å²) in [6, 6.07) is 5.53. The molecule has 0 bridgehead atoms. The van der Waals surface area contributed by atoms with Crippen molar-refractivity contribution < 1.29 is 23.2 Å². The van der Waals surface area contributed by atoms with Gasteiger partial charge in [0.25, 0.3) is 5.91 Å². The molecule has 1 aliphatic heterocycles. The van der Waals surface area contributed by atoms with Crippen molar-refractivity contribution in [1.82, 2.24) is 15.5 Å². The number of amides is 3. The third-order valence-corrected chi connectivity index (χ3v) is 5.81. The zero-order chi connectivity index (χ0) is 21.0. The van der Waals surface area contributed by atoms with E-state index >= 15 is 0 Å². The third-order valence-electron chi connectivity index (χ3n) is 4.96. The van der Waals surface area contributed by atoms with Gasteiger partial charge in [0.05, 0.1) is 4.88 Å². The second-order valence-electron chi connectivity index (χ2n) is 6.77. The molecular weight excluding hydrogens is 400 g/mol. The third kappa shape index (κ3) is 4.79. The Kier molecular flexibility index (Phi) is 6.58. The van der Waals surface area contributed by atoms with Crippen LogP contribution < -0.4 is 10.6 Å². The largest absolute Gasteiger partial charge is 0.357 e. The number of likely N-dealkylation sites (N-methyl/N-ethyl adjacent to an activating group) is 1. The van der Waals surface area contributed by atoms with E-state index in [1.165, 1.54) is 24.5 Å². The molecule has 29 heavy (non-hydrogen) atoms. The number of hydrogen-bond donors (Lipinski definition) is 2. The summed E-state index contributed by atoms with van der Waals surface area (Å²) < 4.78 is 26.8. The molecule has 1 aromatic carbocycles. The summed E-state index contributed by atoms with van der Waals surface area (Å²) in [7, 11) is 1.40. The first-order valence-corrected chi connectivity index (χ1v) is 10.1. The van der Waals surface area contributed by atoms with Crippen molar-refractivity contribution in [2.24, 2.45) is 5.92 Å². The number of halogens is 2. The Hall–Kier alpha value is -2.81. The van der Waals surface area contributed by atoms with Crippen LogP contribution in [0.4, 0.5) is 8.78 Å². The summed E-state index contributed by atoms with van der Waals surface area (Å²) in [6.45, 7) is 0.870. The first-order valence-electron chi connectivity index (χ1n) is 9.20. The lowest BCUT2D eigenvalue weighted by Gasteiger charge is -2.32. The molecule has 3 amide bonds. The van der Waals surface area contributed by atoms with Crippen molar-refractivity contribution in [3.05, 3.63) is 57.8 Å². The Balaban J connectivity index is 1.64. The highest BCUT2D eigenvalue weighted by Gasteiger charge is 2.31. The minimum atomic E-state index is -1.13. The van der Waals surface area contributed by atoms with Crippen LogP contribution in [0.5, 0.6) is 0 Å². The zero-order valence-electron chi connectivity index (χ0n) is 15.8. The second-order valence-corrected chi connectivity index (χ2v) is 7.72. The van der Waals surface area contributed by atoms with Gasteiger partial charge in [0, 0.05) is 26.1 Å². The van der Waals surface area contributed by atoms with Gasteiger partial charge in [-0.1, -0.05) is 12.1 Å². The van der Waals surface area contributed by atoms with Crippen LogP contribution in [0.15, 0.2) is 35.7 Å². The normalized spacial score (nSPS) is 15.6. The molecule has 6 nitrogen and oxygen atoms in total. The standard InChI is InChI=1S/C20H21F2N3O3S/c1-23-19(27)17(13-4-5-14(21)15(22)11-13)24-18(26)12-6-8-25(9-7-12)20(28)16-3-2-10-29-16/h2-5,10-12,17H,6-9H2,1H3,(H,23,27)(H,24,26). The summed E-state index contributed by atoms with van der Waals surface area (Å²) in [5, 5.41) is 6.89. The number of carbonyl (C=O) groups excluding carboxylic acids is 3. The van der Waals surface area contributed by atoms with Gasteiger partial charge in [-0.25, -0.2) is 8.78 Å². The summed E-state index contributed by atoms with van der Waals surface area (Å²) in [4.78, 5) is 39.7. The number of thiophene rings is 1. The predicted molar refractivity (Wildman–Crippen MR) is 104 cm³/mol. The average Bonchev–Trinajstić information content (AvgIpc) is 3.28. The van der Waals surface area contributed by atoms with E-state index in [0.29, 0.717) is 30.8 Å². The lowest BCUT2D eigenvalue weighted by Crippen LogP contribution is -2.46. The van der Waals surface area contributed by atoms with Crippen molar-refractivity contribution in [1.29, 1.82) is 0 Å². The molecule has 0 saturated carbocycles. The van der Waals surface area contributed by atoms with Crippen molar-refractivity contribution >= 4 is 29.1 Å². The monoisotopic (exact) mass is 421 g/mol. The van der Waals surface area contributed by atoms with E-state index in [0.717, 1.165) is 12.1 Å². The fraction of sp³-hybridized carbons (Fsp3) is 0.350. The van der Waals surface area contributed by atoms with Gasteiger partial charge in [-0.15, -0.1) is 11.3 Å². The van der Waals surface area contributed by atoms with E-state index in [4.69, 9.17) is 0 Å². The Morgan fingerprint density at radius 1 is 1.14 bits per heavy atom. The molecule has 0 spiro atoms. The summed E-state index contributed by atoms with van der Waals surface area (Å²) in [6.07, 6.45) is 0.919. The van der Waals surface area contributed by atoms with Crippen molar-refractivity contribution in [3.63, 3.8) is 0 Å². The molecule has 2 heterocycles. The Morgan fingerprint density at radius 3 is 2.45 bits per heavy atom. The average molecular weight is 421 g/mol. The highest BCUT2D eigenvalue weighted by atomic mass is 32.1. The van der Waals surface area contributed by atoms with E-state index in [1.54, 1.807) is 11.0 Å². The zero-order valence-corrected chi connectivity index (χ0v) is 16.6. The fourth-order valence-electron chi connectivity index (χ4n) is 3.30. The van der Waals surface area contributed by atoms with E-state index in [2.05, 4.69) is 10.6 Å². The SMILES string of the molecule is CNC(=O)C(NC(=O)C1CCN(C(=O)c2cccs2)CC1)c1ccc(F)c(F)c1. The lowest BCUT2D eigenvalue weighted by atomic mass is 9.94. The molecule has 1 saturated heterocycles. The van der Waals surface area contributed by atoms with Crippen LogP contribution in [0.3, 0.4) is 0 Å². The highest BCUT2D eigenvalue weighted by Crippen LogP contribution is 2.23. The van der Waals surface area contributed by atoms with Crippen LogP contribution in [0, 0.1) is 17.6 Å². The summed E-state index contributed by atoms with van der Waals surface area (Å²) in [5.41, 5.74) is 0.155. The summed E-state index contributed by atoms with van der Waals surface area (Å²) >= 11 is 1.37. The number of piperidine rings is 1. The maximum atomic E-state index is 13.6. The molecule has 2 aromatic rings. The van der Waals surface area contributed by atoms with E-state index in [9.17, 15) is 23.2 Å². The van der Waals surface area contributed by atoms with Crippen LogP contribution in [-0.4, -0.2) is 42.8 Å². The molecule has 1 unspecified atom stereocenters. The quantitative estimate of drug-likeness (QED) is 0.779. The fourth-order valence-corrected chi connectivity index (χ4v) is 3.99. The minimum absolute atomic E-state index is 0.0520.